The summed E-state index contributed by atoms with van der Waals surface area (Å²) in [5.74, 6) is 0.870. The summed E-state index contributed by atoms with van der Waals surface area (Å²) in [6, 6.07) is 7.55. The summed E-state index contributed by atoms with van der Waals surface area (Å²) in [5, 5.41) is 5.92. The molecular weight excluding hydrogens is 216 g/mol. The first-order valence-corrected chi connectivity index (χ1v) is 5.80. The lowest BCUT2D eigenvalue weighted by atomic mass is 10.1. The SMILES string of the molecule is CNCCCNC(=O)Cc1ccc(OC)cc1. The first kappa shape index (κ1) is 13.5. The van der Waals surface area contributed by atoms with E-state index >= 15 is 0 Å². The minimum Gasteiger partial charge on any atom is -0.497 e. The number of rotatable bonds is 7. The monoisotopic (exact) mass is 236 g/mol. The minimum absolute atomic E-state index is 0.0614. The Balaban J connectivity index is 2.29. The number of hydrogen-bond donors (Lipinski definition) is 2. The molecule has 94 valence electrons. The van der Waals surface area contributed by atoms with E-state index in [1.165, 1.54) is 0 Å². The van der Waals surface area contributed by atoms with Crippen LogP contribution in [0.25, 0.3) is 0 Å². The van der Waals surface area contributed by atoms with Crippen LogP contribution in [0.15, 0.2) is 24.3 Å². The molecule has 0 unspecified atom stereocenters. The Morgan fingerprint density at radius 1 is 1.24 bits per heavy atom. The quantitative estimate of drug-likeness (QED) is 0.693. The van der Waals surface area contributed by atoms with Crippen LogP contribution < -0.4 is 15.4 Å². The maximum absolute atomic E-state index is 11.6. The van der Waals surface area contributed by atoms with Crippen molar-refractivity contribution in [2.24, 2.45) is 0 Å². The topological polar surface area (TPSA) is 50.4 Å². The number of nitrogens with one attached hydrogen (secondary N) is 2. The number of benzene rings is 1. The summed E-state index contributed by atoms with van der Waals surface area (Å²) in [7, 11) is 3.53. The lowest BCUT2D eigenvalue weighted by Gasteiger charge is -2.05. The fourth-order valence-corrected chi connectivity index (χ4v) is 1.48. The molecule has 0 aliphatic rings. The number of ether oxygens (including phenoxy) is 1. The van der Waals surface area contributed by atoms with Gasteiger partial charge in [0.15, 0.2) is 0 Å². The third kappa shape index (κ3) is 5.36. The average molecular weight is 236 g/mol. The Kier molecular flexibility index (Phi) is 6.10. The van der Waals surface area contributed by atoms with Crippen LogP contribution in [-0.2, 0) is 11.2 Å². The van der Waals surface area contributed by atoms with E-state index in [-0.39, 0.29) is 5.91 Å². The second-order valence-corrected chi connectivity index (χ2v) is 3.83. The molecule has 0 radical (unpaired) electrons. The van der Waals surface area contributed by atoms with Gasteiger partial charge in [0.25, 0.3) is 0 Å². The Morgan fingerprint density at radius 3 is 2.53 bits per heavy atom. The van der Waals surface area contributed by atoms with Crippen LogP contribution in [0.3, 0.4) is 0 Å². The molecule has 1 aromatic carbocycles. The molecule has 1 rings (SSSR count). The van der Waals surface area contributed by atoms with Crippen molar-refractivity contribution in [2.45, 2.75) is 12.8 Å². The number of carbonyl (C=O) groups is 1. The van der Waals surface area contributed by atoms with E-state index in [1.807, 2.05) is 31.3 Å². The predicted octanol–water partition coefficient (Wildman–Crippen LogP) is 0.963. The zero-order chi connectivity index (χ0) is 12.5. The molecule has 4 nitrogen and oxygen atoms in total. The Labute approximate surface area is 102 Å². The van der Waals surface area contributed by atoms with Crippen molar-refractivity contribution in [1.29, 1.82) is 0 Å². The largest absolute Gasteiger partial charge is 0.497 e. The third-order valence-corrected chi connectivity index (χ3v) is 2.45. The molecule has 4 heteroatoms. The maximum Gasteiger partial charge on any atom is 0.224 e. The lowest BCUT2D eigenvalue weighted by Crippen LogP contribution is -2.27. The van der Waals surface area contributed by atoms with E-state index in [9.17, 15) is 4.79 Å². The molecule has 2 N–H and O–H groups in total. The van der Waals surface area contributed by atoms with Gasteiger partial charge in [-0.2, -0.15) is 0 Å². The standard InChI is InChI=1S/C13H20N2O2/c1-14-8-3-9-15-13(16)10-11-4-6-12(17-2)7-5-11/h4-7,14H,3,8-10H2,1-2H3,(H,15,16). The van der Waals surface area contributed by atoms with Gasteiger partial charge in [0.1, 0.15) is 5.75 Å². The molecule has 0 atom stereocenters. The molecule has 0 aliphatic heterocycles. The number of amides is 1. The van der Waals surface area contributed by atoms with Crippen molar-refractivity contribution in [3.63, 3.8) is 0 Å². The van der Waals surface area contributed by atoms with Gasteiger partial charge in [-0.25, -0.2) is 0 Å². The van der Waals surface area contributed by atoms with Gasteiger partial charge in [-0.1, -0.05) is 12.1 Å². The van der Waals surface area contributed by atoms with Crippen molar-refractivity contribution in [1.82, 2.24) is 10.6 Å². The van der Waals surface area contributed by atoms with E-state index in [0.29, 0.717) is 6.42 Å². The van der Waals surface area contributed by atoms with Crippen LogP contribution >= 0.6 is 0 Å². The summed E-state index contributed by atoms with van der Waals surface area (Å²) >= 11 is 0. The molecule has 0 heterocycles. The first-order valence-electron chi connectivity index (χ1n) is 5.80. The number of carbonyl (C=O) groups excluding carboxylic acids is 1. The Morgan fingerprint density at radius 2 is 1.94 bits per heavy atom. The van der Waals surface area contributed by atoms with Crippen LogP contribution in [-0.4, -0.2) is 33.2 Å². The molecule has 1 amide bonds. The zero-order valence-corrected chi connectivity index (χ0v) is 10.5. The van der Waals surface area contributed by atoms with Crippen molar-refractivity contribution in [2.75, 3.05) is 27.2 Å². The highest BCUT2D eigenvalue weighted by molar-refractivity contribution is 5.78. The van der Waals surface area contributed by atoms with E-state index in [2.05, 4.69) is 10.6 Å². The highest BCUT2D eigenvalue weighted by Gasteiger charge is 2.02. The molecule has 0 saturated carbocycles. The summed E-state index contributed by atoms with van der Waals surface area (Å²) in [4.78, 5) is 11.6. The number of methoxy groups -OCH3 is 1. The van der Waals surface area contributed by atoms with Gasteiger partial charge in [0.05, 0.1) is 13.5 Å². The molecule has 0 spiro atoms. The summed E-state index contributed by atoms with van der Waals surface area (Å²) in [6.07, 6.45) is 1.37. The molecular formula is C13H20N2O2. The molecule has 1 aromatic rings. The van der Waals surface area contributed by atoms with Crippen LogP contribution in [0.4, 0.5) is 0 Å². The van der Waals surface area contributed by atoms with Gasteiger partial charge >= 0.3 is 0 Å². The van der Waals surface area contributed by atoms with Gasteiger partial charge in [-0.3, -0.25) is 4.79 Å². The minimum atomic E-state index is 0.0614. The van der Waals surface area contributed by atoms with Crippen molar-refractivity contribution in [3.05, 3.63) is 29.8 Å². The predicted molar refractivity (Wildman–Crippen MR) is 68.3 cm³/mol. The summed E-state index contributed by atoms with van der Waals surface area (Å²) < 4.78 is 5.06. The average Bonchev–Trinajstić information content (AvgIpc) is 2.36. The van der Waals surface area contributed by atoms with Gasteiger partial charge in [-0.05, 0) is 37.7 Å². The van der Waals surface area contributed by atoms with Gasteiger partial charge in [0, 0.05) is 6.54 Å². The molecule has 17 heavy (non-hydrogen) atoms. The fourth-order valence-electron chi connectivity index (χ4n) is 1.48. The molecule has 0 aromatic heterocycles. The van der Waals surface area contributed by atoms with Crippen molar-refractivity contribution < 1.29 is 9.53 Å². The van der Waals surface area contributed by atoms with E-state index in [0.717, 1.165) is 30.8 Å². The normalized spacial score (nSPS) is 10.0. The summed E-state index contributed by atoms with van der Waals surface area (Å²) in [5.41, 5.74) is 0.997. The highest BCUT2D eigenvalue weighted by Crippen LogP contribution is 2.11. The van der Waals surface area contributed by atoms with E-state index in [4.69, 9.17) is 4.74 Å². The third-order valence-electron chi connectivity index (χ3n) is 2.45. The van der Waals surface area contributed by atoms with Gasteiger partial charge in [0.2, 0.25) is 5.91 Å². The lowest BCUT2D eigenvalue weighted by molar-refractivity contribution is -0.120. The van der Waals surface area contributed by atoms with Crippen LogP contribution in [0.5, 0.6) is 5.75 Å². The Hall–Kier alpha value is -1.55. The highest BCUT2D eigenvalue weighted by atomic mass is 16.5. The smallest absolute Gasteiger partial charge is 0.224 e. The van der Waals surface area contributed by atoms with Crippen LogP contribution in [0.1, 0.15) is 12.0 Å². The maximum atomic E-state index is 11.6. The fraction of sp³-hybridized carbons (Fsp3) is 0.462. The van der Waals surface area contributed by atoms with E-state index in [1.54, 1.807) is 7.11 Å². The Bertz CT molecular complexity index is 336. The van der Waals surface area contributed by atoms with Gasteiger partial charge in [-0.15, -0.1) is 0 Å². The van der Waals surface area contributed by atoms with Crippen LogP contribution in [0, 0.1) is 0 Å². The van der Waals surface area contributed by atoms with Gasteiger partial charge < -0.3 is 15.4 Å². The number of hydrogen-bond acceptors (Lipinski definition) is 3. The van der Waals surface area contributed by atoms with Crippen molar-refractivity contribution >= 4 is 5.91 Å². The first-order chi connectivity index (χ1) is 8.26. The van der Waals surface area contributed by atoms with Crippen molar-refractivity contribution in [3.8, 4) is 5.75 Å². The van der Waals surface area contributed by atoms with Crippen LogP contribution in [0.2, 0.25) is 0 Å². The second kappa shape index (κ2) is 7.68. The molecule has 0 aliphatic carbocycles. The molecule has 0 bridgehead atoms. The zero-order valence-electron chi connectivity index (χ0n) is 10.5. The molecule has 0 saturated heterocycles. The molecule has 0 fully saturated rings. The second-order valence-electron chi connectivity index (χ2n) is 3.83. The van der Waals surface area contributed by atoms with E-state index < -0.39 is 0 Å². The summed E-state index contributed by atoms with van der Waals surface area (Å²) in [6.45, 7) is 1.64.